The summed E-state index contributed by atoms with van der Waals surface area (Å²) in [5, 5.41) is 7.89. The van der Waals surface area contributed by atoms with Crippen LogP contribution in [0, 0.1) is 5.92 Å². The first-order valence-corrected chi connectivity index (χ1v) is 10.2. The molecule has 4 N–H and O–H groups in total. The molecule has 2 aliphatic heterocycles. The first-order valence-electron chi connectivity index (χ1n) is 8.72. The molecule has 0 aliphatic carbocycles. The zero-order valence-electron chi connectivity index (χ0n) is 15.9. The number of hydrogen-bond acceptors (Lipinski definition) is 6. The number of urea groups is 1. The van der Waals surface area contributed by atoms with Crippen LogP contribution >= 0.6 is 12.4 Å². The number of imide groups is 1. The standard InChI is InChI=1S/C17H24N4O5S.ClH/c1-10-6-7-18-9-13(10)21-27(24,25)11-4-5-14(26-3)12(8-11)17(2)15(22)19-16(23)20-17;/h4-5,8,10,13,18,21H,6-7,9H2,1-3H3,(H2,19,20,22,23);1H. The molecule has 0 bridgehead atoms. The molecule has 3 atom stereocenters. The molecule has 156 valence electrons. The van der Waals surface area contributed by atoms with Crippen molar-refractivity contribution in [1.82, 2.24) is 20.7 Å². The van der Waals surface area contributed by atoms with Gasteiger partial charge in [0.25, 0.3) is 5.91 Å². The van der Waals surface area contributed by atoms with E-state index < -0.39 is 27.5 Å². The van der Waals surface area contributed by atoms with Crippen LogP contribution in [0.3, 0.4) is 0 Å². The Bertz CT molecular complexity index is 878. The fourth-order valence-corrected chi connectivity index (χ4v) is 4.76. The van der Waals surface area contributed by atoms with Crippen molar-refractivity contribution in [3.8, 4) is 5.75 Å². The summed E-state index contributed by atoms with van der Waals surface area (Å²) >= 11 is 0. The van der Waals surface area contributed by atoms with Gasteiger partial charge < -0.3 is 15.4 Å². The van der Waals surface area contributed by atoms with Gasteiger partial charge in [-0.1, -0.05) is 6.92 Å². The van der Waals surface area contributed by atoms with Crippen LogP contribution in [0.25, 0.3) is 0 Å². The highest BCUT2D eigenvalue weighted by Gasteiger charge is 2.45. The Labute approximate surface area is 170 Å². The normalized spacial score (nSPS) is 27.5. The number of benzene rings is 1. The van der Waals surface area contributed by atoms with Crippen molar-refractivity contribution in [3.63, 3.8) is 0 Å². The third-order valence-electron chi connectivity index (χ3n) is 5.20. The molecule has 0 radical (unpaired) electrons. The number of carbonyl (C=O) groups excluding carboxylic acids is 2. The van der Waals surface area contributed by atoms with E-state index in [1.54, 1.807) is 0 Å². The van der Waals surface area contributed by atoms with Crippen LogP contribution in [0.15, 0.2) is 23.1 Å². The molecule has 0 saturated carbocycles. The number of rotatable bonds is 5. The SMILES string of the molecule is COc1ccc(S(=O)(=O)NC2CNCCC2C)cc1C1(C)NC(=O)NC1=O.Cl. The number of sulfonamides is 1. The van der Waals surface area contributed by atoms with E-state index in [0.29, 0.717) is 12.3 Å². The third kappa shape index (κ3) is 4.09. The van der Waals surface area contributed by atoms with Gasteiger partial charge in [-0.15, -0.1) is 12.4 Å². The minimum absolute atomic E-state index is 0. The van der Waals surface area contributed by atoms with E-state index in [0.717, 1.165) is 13.0 Å². The molecule has 3 amide bonds. The van der Waals surface area contributed by atoms with E-state index in [1.165, 1.54) is 32.2 Å². The van der Waals surface area contributed by atoms with Crippen LogP contribution in [-0.2, 0) is 20.4 Å². The van der Waals surface area contributed by atoms with Gasteiger partial charge in [0.05, 0.1) is 12.0 Å². The summed E-state index contributed by atoms with van der Waals surface area (Å²) in [6.07, 6.45) is 0.880. The second kappa shape index (κ2) is 8.24. The van der Waals surface area contributed by atoms with E-state index in [9.17, 15) is 18.0 Å². The molecule has 2 fully saturated rings. The fraction of sp³-hybridized carbons (Fsp3) is 0.529. The van der Waals surface area contributed by atoms with Crippen LogP contribution in [0.4, 0.5) is 4.79 Å². The molecule has 2 heterocycles. The highest BCUT2D eigenvalue weighted by molar-refractivity contribution is 7.89. The summed E-state index contributed by atoms with van der Waals surface area (Å²) in [5.41, 5.74) is -1.15. The van der Waals surface area contributed by atoms with Gasteiger partial charge in [0.1, 0.15) is 11.3 Å². The fourth-order valence-electron chi connectivity index (χ4n) is 3.39. The molecule has 11 heteroatoms. The predicted octanol–water partition coefficient (Wildman–Crippen LogP) is 0.448. The van der Waals surface area contributed by atoms with Crippen LogP contribution in [-0.4, -0.2) is 46.6 Å². The Balaban J connectivity index is 0.00000280. The maximum absolute atomic E-state index is 12.9. The first-order chi connectivity index (χ1) is 12.7. The lowest BCUT2D eigenvalue weighted by molar-refractivity contribution is -0.123. The molecule has 2 aliphatic rings. The highest BCUT2D eigenvalue weighted by Crippen LogP contribution is 2.34. The molecule has 3 unspecified atom stereocenters. The van der Waals surface area contributed by atoms with Crippen molar-refractivity contribution < 1.29 is 22.7 Å². The minimum atomic E-state index is -3.82. The van der Waals surface area contributed by atoms with Crippen molar-refractivity contribution in [3.05, 3.63) is 23.8 Å². The monoisotopic (exact) mass is 432 g/mol. The van der Waals surface area contributed by atoms with E-state index >= 15 is 0 Å². The molecular formula is C17H25ClN4O5S. The zero-order valence-corrected chi connectivity index (χ0v) is 17.5. The maximum atomic E-state index is 12.9. The Hall–Kier alpha value is -1.88. The lowest BCUT2D eigenvalue weighted by atomic mass is 9.91. The maximum Gasteiger partial charge on any atom is 0.322 e. The predicted molar refractivity (Wildman–Crippen MR) is 105 cm³/mol. The molecule has 2 saturated heterocycles. The average Bonchev–Trinajstić information content (AvgIpc) is 2.89. The van der Waals surface area contributed by atoms with Gasteiger partial charge in [0.15, 0.2) is 0 Å². The molecule has 1 aromatic carbocycles. The van der Waals surface area contributed by atoms with Crippen LogP contribution in [0.2, 0.25) is 0 Å². The summed E-state index contributed by atoms with van der Waals surface area (Å²) in [4.78, 5) is 23.9. The molecule has 9 nitrogen and oxygen atoms in total. The highest BCUT2D eigenvalue weighted by atomic mass is 35.5. The van der Waals surface area contributed by atoms with Crippen LogP contribution < -0.4 is 25.4 Å². The lowest BCUT2D eigenvalue weighted by Crippen LogP contribution is -2.50. The number of ether oxygens (including phenoxy) is 1. The van der Waals surface area contributed by atoms with Gasteiger partial charge >= 0.3 is 6.03 Å². The summed E-state index contributed by atoms with van der Waals surface area (Å²) in [6.45, 7) is 4.92. The van der Waals surface area contributed by atoms with Crippen molar-refractivity contribution >= 4 is 34.4 Å². The molecule has 0 spiro atoms. The van der Waals surface area contributed by atoms with Gasteiger partial charge in [0.2, 0.25) is 10.0 Å². The van der Waals surface area contributed by atoms with Gasteiger partial charge in [0, 0.05) is 18.2 Å². The quantitative estimate of drug-likeness (QED) is 0.500. The van der Waals surface area contributed by atoms with Crippen molar-refractivity contribution in [2.24, 2.45) is 5.92 Å². The Morgan fingerprint density at radius 1 is 1.29 bits per heavy atom. The molecule has 0 aromatic heterocycles. The number of carbonyl (C=O) groups is 2. The summed E-state index contributed by atoms with van der Waals surface area (Å²) in [5.74, 6) is -0.0592. The smallest absolute Gasteiger partial charge is 0.322 e. The number of methoxy groups -OCH3 is 1. The molecular weight excluding hydrogens is 408 g/mol. The van der Waals surface area contributed by atoms with Gasteiger partial charge in [-0.2, -0.15) is 0 Å². The number of amides is 3. The van der Waals surface area contributed by atoms with Crippen molar-refractivity contribution in [1.29, 1.82) is 0 Å². The van der Waals surface area contributed by atoms with Crippen LogP contribution in [0.5, 0.6) is 5.75 Å². The second-order valence-corrected chi connectivity index (χ2v) is 8.81. The number of hydrogen-bond donors (Lipinski definition) is 4. The van der Waals surface area contributed by atoms with E-state index in [4.69, 9.17) is 4.74 Å². The third-order valence-corrected chi connectivity index (χ3v) is 6.69. The molecule has 1 aromatic rings. The van der Waals surface area contributed by atoms with Crippen LogP contribution in [0.1, 0.15) is 25.8 Å². The van der Waals surface area contributed by atoms with Crippen molar-refractivity contribution in [2.45, 2.75) is 36.7 Å². The minimum Gasteiger partial charge on any atom is -0.496 e. The summed E-state index contributed by atoms with van der Waals surface area (Å²) in [6, 6.07) is 3.41. The number of piperidine rings is 1. The average molecular weight is 433 g/mol. The Morgan fingerprint density at radius 2 is 2.00 bits per heavy atom. The second-order valence-electron chi connectivity index (χ2n) is 7.09. The Morgan fingerprint density at radius 3 is 2.57 bits per heavy atom. The first kappa shape index (κ1) is 22.4. The molecule has 28 heavy (non-hydrogen) atoms. The zero-order chi connectivity index (χ0) is 19.8. The summed E-state index contributed by atoms with van der Waals surface area (Å²) in [7, 11) is -2.40. The number of nitrogens with one attached hydrogen (secondary N) is 4. The van der Waals surface area contributed by atoms with E-state index in [1.807, 2.05) is 6.92 Å². The van der Waals surface area contributed by atoms with Gasteiger partial charge in [-0.05, 0) is 44.0 Å². The lowest BCUT2D eigenvalue weighted by Gasteiger charge is -2.30. The van der Waals surface area contributed by atoms with E-state index in [-0.39, 0.29) is 34.8 Å². The van der Waals surface area contributed by atoms with Gasteiger partial charge in [-0.25, -0.2) is 17.9 Å². The summed E-state index contributed by atoms with van der Waals surface area (Å²) < 4.78 is 33.8. The van der Waals surface area contributed by atoms with Gasteiger partial charge in [-0.3, -0.25) is 10.1 Å². The van der Waals surface area contributed by atoms with E-state index in [2.05, 4.69) is 20.7 Å². The van der Waals surface area contributed by atoms with Crippen molar-refractivity contribution in [2.75, 3.05) is 20.2 Å². The largest absolute Gasteiger partial charge is 0.496 e. The number of halogens is 1. The Kier molecular flexibility index (Phi) is 6.59. The topological polar surface area (TPSA) is 126 Å². The molecule has 3 rings (SSSR count).